The summed E-state index contributed by atoms with van der Waals surface area (Å²) in [6, 6.07) is 0.0440. The topological polar surface area (TPSA) is 44.4 Å². The average molecular weight is 298 g/mol. The van der Waals surface area contributed by atoms with E-state index in [0.29, 0.717) is 18.4 Å². The summed E-state index contributed by atoms with van der Waals surface area (Å²) in [5, 5.41) is 3.08. The highest BCUT2D eigenvalue weighted by molar-refractivity contribution is 6.14. The molecule has 2 aliphatic rings. The second-order valence-electron chi connectivity index (χ2n) is 5.89. The first kappa shape index (κ1) is 15.4. The molecule has 112 valence electrons. The second-order valence-corrected chi connectivity index (χ2v) is 6.08. The molecule has 1 heterocycles. The van der Waals surface area contributed by atoms with E-state index >= 15 is 0 Å². The van der Waals surface area contributed by atoms with Crippen LogP contribution in [-0.2, 0) is 4.79 Å². The molecule has 3 atom stereocenters. The van der Waals surface area contributed by atoms with E-state index in [1.54, 1.807) is 0 Å². The van der Waals surface area contributed by atoms with E-state index in [-0.39, 0.29) is 11.9 Å². The number of likely N-dealkylation sites (N-methyl/N-ethyl adjacent to an activating group) is 1. The Labute approximate surface area is 126 Å². The number of carbonyl (C=O) groups excluding carboxylic acids is 1. The summed E-state index contributed by atoms with van der Waals surface area (Å²) >= 11 is 5.70. The molecule has 1 fully saturated rings. The van der Waals surface area contributed by atoms with Crippen LogP contribution in [0.2, 0.25) is 0 Å². The molecule has 1 aliphatic heterocycles. The van der Waals surface area contributed by atoms with Crippen molar-refractivity contribution in [2.45, 2.75) is 32.7 Å². The van der Waals surface area contributed by atoms with Crippen LogP contribution in [0.5, 0.6) is 0 Å². The van der Waals surface area contributed by atoms with E-state index in [4.69, 9.17) is 11.8 Å². The molecule has 3 unspecified atom stereocenters. The molecule has 0 saturated carbocycles. The SMILES string of the molecule is CC1C(CNC(=O)C2CCCN2C)=CC=C(NCl)C1C. The molecular formula is C15H24ClN3O. The van der Waals surface area contributed by atoms with Gasteiger partial charge in [0, 0.05) is 29.9 Å². The van der Waals surface area contributed by atoms with Gasteiger partial charge in [0.05, 0.1) is 6.04 Å². The lowest BCUT2D eigenvalue weighted by Crippen LogP contribution is -2.42. The predicted octanol–water partition coefficient (Wildman–Crippen LogP) is 2.04. The first-order valence-electron chi connectivity index (χ1n) is 7.29. The number of rotatable bonds is 4. The summed E-state index contributed by atoms with van der Waals surface area (Å²) in [4.78, 5) is 17.0. The summed E-state index contributed by atoms with van der Waals surface area (Å²) in [6.45, 7) is 5.96. The Balaban J connectivity index is 1.92. The van der Waals surface area contributed by atoms with Gasteiger partial charge in [-0.2, -0.15) is 0 Å². The largest absolute Gasteiger partial charge is 0.351 e. The number of allylic oxidation sites excluding steroid dienone is 3. The molecule has 4 nitrogen and oxygen atoms in total. The van der Waals surface area contributed by atoms with Crippen molar-refractivity contribution in [3.63, 3.8) is 0 Å². The van der Waals surface area contributed by atoms with Gasteiger partial charge < -0.3 is 10.2 Å². The van der Waals surface area contributed by atoms with Crippen LogP contribution < -0.4 is 10.2 Å². The Bertz CT molecular complexity index is 433. The monoisotopic (exact) mass is 297 g/mol. The smallest absolute Gasteiger partial charge is 0.237 e. The number of halogens is 1. The van der Waals surface area contributed by atoms with Crippen LogP contribution in [0.4, 0.5) is 0 Å². The summed E-state index contributed by atoms with van der Waals surface area (Å²) in [5.41, 5.74) is 2.28. The average Bonchev–Trinajstić information content (AvgIpc) is 2.86. The molecule has 0 aromatic rings. The molecule has 2 rings (SSSR count). The van der Waals surface area contributed by atoms with Crippen molar-refractivity contribution in [1.82, 2.24) is 15.1 Å². The van der Waals surface area contributed by atoms with Gasteiger partial charge in [-0.15, -0.1) is 0 Å². The molecule has 0 radical (unpaired) electrons. The molecule has 1 saturated heterocycles. The zero-order chi connectivity index (χ0) is 14.7. The van der Waals surface area contributed by atoms with Crippen LogP contribution in [0, 0.1) is 11.8 Å². The van der Waals surface area contributed by atoms with E-state index in [0.717, 1.165) is 25.1 Å². The van der Waals surface area contributed by atoms with Gasteiger partial charge in [-0.25, -0.2) is 0 Å². The minimum atomic E-state index is 0.0440. The predicted molar refractivity (Wildman–Crippen MR) is 82.1 cm³/mol. The first-order valence-corrected chi connectivity index (χ1v) is 7.67. The van der Waals surface area contributed by atoms with E-state index in [1.807, 2.05) is 13.1 Å². The highest BCUT2D eigenvalue weighted by Gasteiger charge is 2.28. The Morgan fingerprint density at radius 3 is 2.75 bits per heavy atom. The van der Waals surface area contributed by atoms with Gasteiger partial charge in [-0.3, -0.25) is 9.69 Å². The lowest BCUT2D eigenvalue weighted by atomic mass is 9.82. The molecule has 0 bridgehead atoms. The van der Waals surface area contributed by atoms with Crippen LogP contribution >= 0.6 is 11.8 Å². The quantitative estimate of drug-likeness (QED) is 0.781. The molecule has 5 heteroatoms. The zero-order valence-electron chi connectivity index (χ0n) is 12.4. The van der Waals surface area contributed by atoms with Gasteiger partial charge in [-0.05, 0) is 44.0 Å². The highest BCUT2D eigenvalue weighted by Crippen LogP contribution is 2.29. The van der Waals surface area contributed by atoms with Crippen molar-refractivity contribution in [2.24, 2.45) is 11.8 Å². The standard InChI is InChI=1S/C15H24ClN3O/c1-10-11(2)13(18-16)7-6-12(10)9-17-15(20)14-5-4-8-19(14)3/h6-7,10-11,14,18H,4-5,8-9H2,1-3H3,(H,17,20). The summed E-state index contributed by atoms with van der Waals surface area (Å²) in [6.07, 6.45) is 6.14. The van der Waals surface area contributed by atoms with Gasteiger partial charge >= 0.3 is 0 Å². The number of hydrogen-bond acceptors (Lipinski definition) is 3. The highest BCUT2D eigenvalue weighted by atomic mass is 35.5. The van der Waals surface area contributed by atoms with Crippen molar-refractivity contribution in [3.8, 4) is 0 Å². The number of nitrogens with zero attached hydrogens (tertiary/aromatic N) is 1. The Hall–Kier alpha value is -1.00. The summed E-state index contributed by atoms with van der Waals surface area (Å²) < 4.78 is 0. The third-order valence-electron chi connectivity index (χ3n) is 4.70. The molecule has 0 aromatic heterocycles. The Morgan fingerprint density at radius 2 is 2.15 bits per heavy atom. The van der Waals surface area contributed by atoms with Crippen molar-refractivity contribution in [1.29, 1.82) is 0 Å². The molecule has 0 spiro atoms. The molecule has 1 aliphatic carbocycles. The molecule has 2 N–H and O–H groups in total. The number of nitrogens with one attached hydrogen (secondary N) is 2. The normalized spacial score (nSPS) is 30.7. The lowest BCUT2D eigenvalue weighted by Gasteiger charge is -2.28. The van der Waals surface area contributed by atoms with Crippen LogP contribution in [0.3, 0.4) is 0 Å². The maximum atomic E-state index is 12.2. The number of carbonyl (C=O) groups is 1. The third-order valence-corrected chi connectivity index (χ3v) is 4.92. The van der Waals surface area contributed by atoms with Gasteiger partial charge in [0.2, 0.25) is 5.91 Å². The first-order chi connectivity index (χ1) is 9.54. The van der Waals surface area contributed by atoms with Crippen LogP contribution in [-0.4, -0.2) is 37.0 Å². The van der Waals surface area contributed by atoms with E-state index in [1.165, 1.54) is 5.57 Å². The fourth-order valence-corrected chi connectivity index (χ4v) is 3.21. The Kier molecular flexibility index (Phi) is 5.11. The summed E-state index contributed by atoms with van der Waals surface area (Å²) in [5.74, 6) is 0.873. The van der Waals surface area contributed by atoms with Crippen LogP contribution in [0.15, 0.2) is 23.4 Å². The fourth-order valence-electron chi connectivity index (χ4n) is 2.98. The van der Waals surface area contributed by atoms with Crippen LogP contribution in [0.1, 0.15) is 26.7 Å². The number of hydrogen-bond donors (Lipinski definition) is 2. The minimum Gasteiger partial charge on any atom is -0.351 e. The number of likely N-dealkylation sites (tertiary alicyclic amines) is 1. The molecule has 0 aromatic carbocycles. The molecule has 20 heavy (non-hydrogen) atoms. The maximum absolute atomic E-state index is 12.2. The van der Waals surface area contributed by atoms with Gasteiger partial charge in [-0.1, -0.05) is 19.9 Å². The third kappa shape index (κ3) is 3.18. The zero-order valence-corrected chi connectivity index (χ0v) is 13.2. The number of amides is 1. The van der Waals surface area contributed by atoms with Gasteiger partial charge in [0.25, 0.3) is 0 Å². The van der Waals surface area contributed by atoms with E-state index in [2.05, 4.69) is 35.0 Å². The van der Waals surface area contributed by atoms with Crippen molar-refractivity contribution < 1.29 is 4.79 Å². The van der Waals surface area contributed by atoms with E-state index in [9.17, 15) is 4.79 Å². The van der Waals surface area contributed by atoms with E-state index < -0.39 is 0 Å². The van der Waals surface area contributed by atoms with Crippen molar-refractivity contribution in [3.05, 3.63) is 23.4 Å². The van der Waals surface area contributed by atoms with Crippen molar-refractivity contribution in [2.75, 3.05) is 20.1 Å². The maximum Gasteiger partial charge on any atom is 0.237 e. The molecule has 1 amide bonds. The fraction of sp³-hybridized carbons (Fsp3) is 0.667. The van der Waals surface area contributed by atoms with Gasteiger partial charge in [0.1, 0.15) is 0 Å². The lowest BCUT2D eigenvalue weighted by molar-refractivity contribution is -0.124. The second kappa shape index (κ2) is 6.64. The molecular weight excluding hydrogens is 274 g/mol. The van der Waals surface area contributed by atoms with Crippen LogP contribution in [0.25, 0.3) is 0 Å². The van der Waals surface area contributed by atoms with Crippen molar-refractivity contribution >= 4 is 17.7 Å². The van der Waals surface area contributed by atoms with Gasteiger partial charge in [0.15, 0.2) is 0 Å². The Morgan fingerprint density at radius 1 is 1.40 bits per heavy atom. The summed E-state index contributed by atoms with van der Waals surface area (Å²) in [7, 11) is 2.02. The minimum absolute atomic E-state index is 0.0440.